The number of aryl methyl sites for hydroxylation is 1. The molecule has 1 saturated heterocycles. The molecule has 2 aliphatic rings. The molecular weight excluding hydrogens is 278 g/mol. The van der Waals surface area contributed by atoms with E-state index < -0.39 is 17.5 Å². The van der Waals surface area contributed by atoms with Crippen LogP contribution in [0.25, 0.3) is 0 Å². The Morgan fingerprint density at radius 1 is 1.50 bits per heavy atom. The lowest BCUT2D eigenvalue weighted by Crippen LogP contribution is -2.46. The van der Waals surface area contributed by atoms with Gasteiger partial charge in [-0.3, -0.25) is 14.5 Å². The molecule has 1 fully saturated rings. The molecule has 106 valence electrons. The number of hydrogen-bond donors (Lipinski definition) is 2. The predicted octanol–water partition coefficient (Wildman–Crippen LogP) is 0.707. The van der Waals surface area contributed by atoms with Crippen molar-refractivity contribution in [3.63, 3.8) is 0 Å². The molecular formula is C13H15N3O3S. The first-order chi connectivity index (χ1) is 9.54. The van der Waals surface area contributed by atoms with Crippen LogP contribution in [0.3, 0.4) is 0 Å². The quantitative estimate of drug-likeness (QED) is 0.804. The Hall–Kier alpha value is -1.89. The minimum absolute atomic E-state index is 0.00820. The average molecular weight is 293 g/mol. The standard InChI is InChI=1S/C13H15N3O3S/c14-10(17)3-6-16-11(18)13(15-12(16)19)5-1-2-9-8(13)4-7-20-9/h4,7H,1-3,5-6H2,(H2,14,17)(H,15,19). The molecule has 3 rings (SSSR count). The summed E-state index contributed by atoms with van der Waals surface area (Å²) in [4.78, 5) is 37.8. The van der Waals surface area contributed by atoms with Crippen molar-refractivity contribution in [2.45, 2.75) is 31.2 Å². The van der Waals surface area contributed by atoms with Gasteiger partial charge in [-0.15, -0.1) is 11.3 Å². The molecule has 1 unspecified atom stereocenters. The number of fused-ring (bicyclic) bond motifs is 2. The first-order valence-electron chi connectivity index (χ1n) is 6.54. The van der Waals surface area contributed by atoms with Gasteiger partial charge in [0, 0.05) is 23.4 Å². The van der Waals surface area contributed by atoms with Gasteiger partial charge in [0.15, 0.2) is 0 Å². The zero-order valence-electron chi connectivity index (χ0n) is 10.8. The third kappa shape index (κ3) is 1.81. The summed E-state index contributed by atoms with van der Waals surface area (Å²) in [5.74, 6) is -0.783. The lowest BCUT2D eigenvalue weighted by molar-refractivity contribution is -0.132. The minimum Gasteiger partial charge on any atom is -0.370 e. The summed E-state index contributed by atoms with van der Waals surface area (Å²) in [5, 5.41) is 4.77. The van der Waals surface area contributed by atoms with E-state index in [1.807, 2.05) is 11.4 Å². The molecule has 1 atom stereocenters. The highest BCUT2D eigenvalue weighted by Gasteiger charge is 2.54. The van der Waals surface area contributed by atoms with Gasteiger partial charge in [-0.1, -0.05) is 0 Å². The van der Waals surface area contributed by atoms with E-state index in [-0.39, 0.29) is 18.9 Å². The third-order valence-corrected chi connectivity index (χ3v) is 4.90. The van der Waals surface area contributed by atoms with Gasteiger partial charge in [-0.05, 0) is 30.7 Å². The van der Waals surface area contributed by atoms with E-state index in [1.165, 1.54) is 0 Å². The Morgan fingerprint density at radius 2 is 2.30 bits per heavy atom. The molecule has 1 aromatic rings. The van der Waals surface area contributed by atoms with Crippen LogP contribution in [0.1, 0.15) is 29.7 Å². The third-order valence-electron chi connectivity index (χ3n) is 3.92. The van der Waals surface area contributed by atoms with Crippen LogP contribution < -0.4 is 11.1 Å². The number of hydrogen-bond acceptors (Lipinski definition) is 4. The van der Waals surface area contributed by atoms with Crippen molar-refractivity contribution in [2.24, 2.45) is 5.73 Å². The maximum absolute atomic E-state index is 12.7. The maximum atomic E-state index is 12.7. The van der Waals surface area contributed by atoms with Crippen molar-refractivity contribution >= 4 is 29.2 Å². The number of nitrogens with one attached hydrogen (secondary N) is 1. The van der Waals surface area contributed by atoms with Crippen LogP contribution in [0.15, 0.2) is 11.4 Å². The summed E-state index contributed by atoms with van der Waals surface area (Å²) in [6.07, 6.45) is 2.41. The van der Waals surface area contributed by atoms with Crippen molar-refractivity contribution in [2.75, 3.05) is 6.54 Å². The van der Waals surface area contributed by atoms with Crippen LogP contribution in [-0.4, -0.2) is 29.3 Å². The molecule has 0 saturated carbocycles. The molecule has 7 heteroatoms. The molecule has 0 radical (unpaired) electrons. The molecule has 1 spiro atoms. The summed E-state index contributed by atoms with van der Waals surface area (Å²) in [5.41, 5.74) is 5.07. The Bertz CT molecular complexity index is 597. The molecule has 3 N–H and O–H groups in total. The largest absolute Gasteiger partial charge is 0.370 e. The monoisotopic (exact) mass is 293 g/mol. The summed E-state index contributed by atoms with van der Waals surface area (Å²) < 4.78 is 0. The van der Waals surface area contributed by atoms with Crippen molar-refractivity contribution in [3.05, 3.63) is 21.9 Å². The number of carbonyl (C=O) groups excluding carboxylic acids is 3. The Morgan fingerprint density at radius 3 is 3.05 bits per heavy atom. The number of amides is 4. The highest BCUT2D eigenvalue weighted by molar-refractivity contribution is 7.10. The van der Waals surface area contributed by atoms with Gasteiger partial charge in [0.2, 0.25) is 5.91 Å². The fourth-order valence-electron chi connectivity index (χ4n) is 2.97. The number of nitrogens with two attached hydrogens (primary N) is 1. The van der Waals surface area contributed by atoms with Gasteiger partial charge < -0.3 is 11.1 Å². The fourth-order valence-corrected chi connectivity index (χ4v) is 3.97. The second-order valence-corrected chi connectivity index (χ2v) is 6.12. The molecule has 1 aromatic heterocycles. The number of imide groups is 1. The number of urea groups is 1. The van der Waals surface area contributed by atoms with Gasteiger partial charge >= 0.3 is 6.03 Å². The van der Waals surface area contributed by atoms with E-state index in [9.17, 15) is 14.4 Å². The van der Waals surface area contributed by atoms with E-state index in [2.05, 4.69) is 5.32 Å². The van der Waals surface area contributed by atoms with Crippen molar-refractivity contribution in [1.29, 1.82) is 0 Å². The number of primary amides is 1. The van der Waals surface area contributed by atoms with Crippen molar-refractivity contribution in [1.82, 2.24) is 10.2 Å². The van der Waals surface area contributed by atoms with E-state index >= 15 is 0 Å². The number of rotatable bonds is 3. The lowest BCUT2D eigenvalue weighted by atomic mass is 9.80. The van der Waals surface area contributed by atoms with Crippen LogP contribution in [0.5, 0.6) is 0 Å². The minimum atomic E-state index is -0.928. The first kappa shape index (κ1) is 13.1. The van der Waals surface area contributed by atoms with Gasteiger partial charge in [0.25, 0.3) is 5.91 Å². The van der Waals surface area contributed by atoms with Crippen LogP contribution in [0.4, 0.5) is 4.79 Å². The molecule has 2 heterocycles. The van der Waals surface area contributed by atoms with Crippen molar-refractivity contribution in [3.8, 4) is 0 Å². The molecule has 6 nitrogen and oxygen atoms in total. The molecule has 0 bridgehead atoms. The normalized spacial score (nSPS) is 24.9. The SMILES string of the molecule is NC(=O)CCN1C(=O)NC2(CCCc3sccc32)C1=O. The van der Waals surface area contributed by atoms with Crippen LogP contribution >= 0.6 is 11.3 Å². The highest BCUT2D eigenvalue weighted by Crippen LogP contribution is 2.42. The molecule has 4 amide bonds. The Kier molecular flexibility index (Phi) is 3.01. The second-order valence-electron chi connectivity index (χ2n) is 5.12. The fraction of sp³-hybridized carbons (Fsp3) is 0.462. The van der Waals surface area contributed by atoms with E-state index in [0.717, 1.165) is 28.2 Å². The van der Waals surface area contributed by atoms with Crippen LogP contribution in [0, 0.1) is 0 Å². The average Bonchev–Trinajstić information content (AvgIpc) is 2.95. The molecule has 0 aromatic carbocycles. The van der Waals surface area contributed by atoms with Crippen LogP contribution in [-0.2, 0) is 21.5 Å². The molecule has 1 aliphatic heterocycles. The maximum Gasteiger partial charge on any atom is 0.325 e. The van der Waals surface area contributed by atoms with Gasteiger partial charge in [0.05, 0.1) is 0 Å². The highest BCUT2D eigenvalue weighted by atomic mass is 32.1. The topological polar surface area (TPSA) is 92.5 Å². The zero-order valence-corrected chi connectivity index (χ0v) is 11.7. The first-order valence-corrected chi connectivity index (χ1v) is 7.42. The molecule has 20 heavy (non-hydrogen) atoms. The Labute approximate surface area is 119 Å². The van der Waals surface area contributed by atoms with Crippen LogP contribution in [0.2, 0.25) is 0 Å². The van der Waals surface area contributed by atoms with Gasteiger partial charge in [-0.25, -0.2) is 4.79 Å². The van der Waals surface area contributed by atoms with Crippen molar-refractivity contribution < 1.29 is 14.4 Å². The number of thiophene rings is 1. The predicted molar refractivity (Wildman–Crippen MR) is 73.0 cm³/mol. The zero-order chi connectivity index (χ0) is 14.3. The summed E-state index contributed by atoms with van der Waals surface area (Å²) in [6, 6.07) is 1.48. The second kappa shape index (κ2) is 4.59. The van der Waals surface area contributed by atoms with E-state index in [0.29, 0.717) is 6.42 Å². The molecule has 1 aliphatic carbocycles. The number of nitrogens with zero attached hydrogens (tertiary/aromatic N) is 1. The van der Waals surface area contributed by atoms with E-state index in [4.69, 9.17) is 5.73 Å². The summed E-state index contributed by atoms with van der Waals surface area (Å²) in [6.45, 7) is 0.0429. The number of carbonyl (C=O) groups is 3. The summed E-state index contributed by atoms with van der Waals surface area (Å²) in [7, 11) is 0. The lowest BCUT2D eigenvalue weighted by Gasteiger charge is -2.31. The summed E-state index contributed by atoms with van der Waals surface area (Å²) >= 11 is 1.61. The van der Waals surface area contributed by atoms with E-state index in [1.54, 1.807) is 11.3 Å². The van der Waals surface area contributed by atoms with Gasteiger partial charge in [-0.2, -0.15) is 0 Å². The smallest absolute Gasteiger partial charge is 0.325 e. The Balaban J connectivity index is 1.92. The van der Waals surface area contributed by atoms with Gasteiger partial charge in [0.1, 0.15) is 5.54 Å².